The zero-order valence-electron chi connectivity index (χ0n) is 13.0. The van der Waals surface area contributed by atoms with E-state index in [1.807, 2.05) is 0 Å². The summed E-state index contributed by atoms with van der Waals surface area (Å²) in [6, 6.07) is 1.97. The molecular formula is C15H18ClF2NO3. The second kappa shape index (κ2) is 6.20. The molecule has 0 N–H and O–H groups in total. The van der Waals surface area contributed by atoms with Crippen LogP contribution in [-0.2, 0) is 15.1 Å². The Hall–Kier alpha value is -1.69. The van der Waals surface area contributed by atoms with Crippen LogP contribution in [0.3, 0.4) is 0 Å². The summed E-state index contributed by atoms with van der Waals surface area (Å²) in [5.41, 5.74) is -3.33. The van der Waals surface area contributed by atoms with Crippen LogP contribution in [0.1, 0.15) is 33.3 Å². The van der Waals surface area contributed by atoms with Crippen LogP contribution in [0.5, 0.6) is 0 Å². The van der Waals surface area contributed by atoms with E-state index in [4.69, 9.17) is 16.3 Å². The summed E-state index contributed by atoms with van der Waals surface area (Å²) < 4.78 is 33.4. The SMILES string of the molecule is CN(C(=O)OC(C)(C)C)C(C)(C=O)c1c(F)ccc(Cl)c1F. The van der Waals surface area contributed by atoms with Crippen molar-refractivity contribution in [3.63, 3.8) is 0 Å². The largest absolute Gasteiger partial charge is 0.444 e. The number of rotatable bonds is 3. The Morgan fingerprint density at radius 1 is 1.27 bits per heavy atom. The fraction of sp³-hybridized carbons (Fsp3) is 0.467. The summed E-state index contributed by atoms with van der Waals surface area (Å²) in [6.07, 6.45) is -0.616. The molecule has 7 heteroatoms. The number of amides is 1. The molecule has 1 aromatic carbocycles. The number of likely N-dealkylation sites (N-methyl/N-ethyl adjacent to an activating group) is 1. The van der Waals surface area contributed by atoms with Gasteiger partial charge < -0.3 is 9.53 Å². The van der Waals surface area contributed by atoms with Crippen molar-refractivity contribution in [2.75, 3.05) is 7.05 Å². The van der Waals surface area contributed by atoms with Gasteiger partial charge in [0.05, 0.1) is 10.6 Å². The average Bonchev–Trinajstić information content (AvgIpc) is 2.40. The number of hydrogen-bond acceptors (Lipinski definition) is 3. The summed E-state index contributed by atoms with van der Waals surface area (Å²) in [6.45, 7) is 6.12. The highest BCUT2D eigenvalue weighted by Crippen LogP contribution is 2.33. The van der Waals surface area contributed by atoms with E-state index < -0.39 is 34.4 Å². The van der Waals surface area contributed by atoms with Crippen LogP contribution in [0.4, 0.5) is 13.6 Å². The maximum atomic E-state index is 14.2. The molecule has 1 rings (SSSR count). The average molecular weight is 334 g/mol. The molecule has 122 valence electrons. The van der Waals surface area contributed by atoms with Gasteiger partial charge in [0.2, 0.25) is 0 Å². The van der Waals surface area contributed by atoms with Crippen molar-refractivity contribution < 1.29 is 23.1 Å². The highest BCUT2D eigenvalue weighted by molar-refractivity contribution is 6.30. The second-order valence-electron chi connectivity index (χ2n) is 6.02. The van der Waals surface area contributed by atoms with E-state index >= 15 is 0 Å². The third kappa shape index (κ3) is 3.55. The van der Waals surface area contributed by atoms with Crippen LogP contribution in [0, 0.1) is 11.6 Å². The summed E-state index contributed by atoms with van der Waals surface area (Å²) >= 11 is 5.65. The number of nitrogens with zero attached hydrogens (tertiary/aromatic N) is 1. The summed E-state index contributed by atoms with van der Waals surface area (Å²) in [5.74, 6) is -2.07. The van der Waals surface area contributed by atoms with Crippen LogP contribution in [0.15, 0.2) is 12.1 Å². The lowest BCUT2D eigenvalue weighted by atomic mass is 9.91. The number of aldehydes is 1. The van der Waals surface area contributed by atoms with Crippen molar-refractivity contribution in [2.45, 2.75) is 38.8 Å². The van der Waals surface area contributed by atoms with E-state index in [1.54, 1.807) is 20.8 Å². The normalized spacial score (nSPS) is 14.2. The van der Waals surface area contributed by atoms with Crippen molar-refractivity contribution >= 4 is 24.0 Å². The first-order chi connectivity index (χ1) is 9.94. The third-order valence-electron chi connectivity index (χ3n) is 3.14. The summed E-state index contributed by atoms with van der Waals surface area (Å²) in [5, 5.41) is -0.345. The van der Waals surface area contributed by atoms with Crippen molar-refractivity contribution in [2.24, 2.45) is 0 Å². The first-order valence-electron chi connectivity index (χ1n) is 6.51. The molecule has 0 spiro atoms. The highest BCUT2D eigenvalue weighted by atomic mass is 35.5. The molecule has 0 aromatic heterocycles. The Balaban J connectivity index is 3.36. The van der Waals surface area contributed by atoms with Crippen LogP contribution < -0.4 is 0 Å². The lowest BCUT2D eigenvalue weighted by Gasteiger charge is -2.36. The molecule has 0 heterocycles. The Labute approximate surface area is 133 Å². The summed E-state index contributed by atoms with van der Waals surface area (Å²) in [4.78, 5) is 24.5. The number of carbonyl (C=O) groups excluding carboxylic acids is 2. The van der Waals surface area contributed by atoms with Gasteiger partial charge in [-0.15, -0.1) is 0 Å². The molecule has 1 aromatic rings. The van der Waals surface area contributed by atoms with Crippen LogP contribution >= 0.6 is 11.6 Å². The van der Waals surface area contributed by atoms with E-state index in [0.717, 1.165) is 17.0 Å². The topological polar surface area (TPSA) is 46.6 Å². The lowest BCUT2D eigenvalue weighted by molar-refractivity contribution is -0.117. The number of ether oxygens (including phenoxy) is 1. The van der Waals surface area contributed by atoms with Gasteiger partial charge in [0.15, 0.2) is 5.82 Å². The monoisotopic (exact) mass is 333 g/mol. The van der Waals surface area contributed by atoms with E-state index in [2.05, 4.69) is 0 Å². The first kappa shape index (κ1) is 18.4. The molecule has 22 heavy (non-hydrogen) atoms. The lowest BCUT2D eigenvalue weighted by Crippen LogP contribution is -2.49. The van der Waals surface area contributed by atoms with Gasteiger partial charge >= 0.3 is 6.09 Å². The minimum Gasteiger partial charge on any atom is -0.444 e. The molecule has 0 fully saturated rings. The standard InChI is InChI=1S/C15H18ClF2NO3/c1-14(2,3)22-13(21)19(5)15(4,8-20)11-10(17)7-6-9(16)12(11)18/h6-8H,1-5H3. The van der Waals surface area contributed by atoms with Gasteiger partial charge in [-0.25, -0.2) is 13.6 Å². The van der Waals surface area contributed by atoms with Crippen molar-refractivity contribution in [1.29, 1.82) is 0 Å². The zero-order valence-corrected chi connectivity index (χ0v) is 13.8. The first-order valence-corrected chi connectivity index (χ1v) is 6.89. The van der Waals surface area contributed by atoms with E-state index in [0.29, 0.717) is 0 Å². The Bertz CT molecular complexity index is 601. The van der Waals surface area contributed by atoms with Gasteiger partial charge in [-0.05, 0) is 39.8 Å². The zero-order chi connectivity index (χ0) is 17.3. The maximum absolute atomic E-state index is 14.2. The molecular weight excluding hydrogens is 316 g/mol. The molecule has 0 saturated carbocycles. The minimum absolute atomic E-state index is 0.273. The predicted molar refractivity (Wildman–Crippen MR) is 78.8 cm³/mol. The van der Waals surface area contributed by atoms with Crippen LogP contribution in [0.25, 0.3) is 0 Å². The number of benzene rings is 1. The molecule has 1 atom stereocenters. The Kier molecular flexibility index (Phi) is 5.18. The molecule has 0 saturated heterocycles. The molecule has 0 radical (unpaired) electrons. The molecule has 0 aliphatic rings. The minimum atomic E-state index is -1.90. The Morgan fingerprint density at radius 2 is 1.82 bits per heavy atom. The molecule has 0 bridgehead atoms. The predicted octanol–water partition coefficient (Wildman–Crippen LogP) is 3.90. The fourth-order valence-electron chi connectivity index (χ4n) is 1.82. The van der Waals surface area contributed by atoms with Gasteiger partial charge in [-0.1, -0.05) is 11.6 Å². The molecule has 4 nitrogen and oxygen atoms in total. The second-order valence-corrected chi connectivity index (χ2v) is 6.43. The molecule has 0 aliphatic heterocycles. The van der Waals surface area contributed by atoms with E-state index in [-0.39, 0.29) is 11.3 Å². The van der Waals surface area contributed by atoms with Crippen molar-refractivity contribution in [3.05, 3.63) is 34.4 Å². The fourth-order valence-corrected chi connectivity index (χ4v) is 1.97. The van der Waals surface area contributed by atoms with Crippen molar-refractivity contribution in [3.8, 4) is 0 Å². The van der Waals surface area contributed by atoms with Crippen molar-refractivity contribution in [1.82, 2.24) is 4.90 Å². The molecule has 1 amide bonds. The Morgan fingerprint density at radius 3 is 2.27 bits per heavy atom. The molecule has 0 aliphatic carbocycles. The summed E-state index contributed by atoms with van der Waals surface area (Å²) in [7, 11) is 1.22. The number of carbonyl (C=O) groups is 2. The van der Waals surface area contributed by atoms with Gasteiger partial charge in [-0.2, -0.15) is 0 Å². The van der Waals surface area contributed by atoms with Gasteiger partial charge in [0, 0.05) is 7.05 Å². The number of hydrogen-bond donors (Lipinski definition) is 0. The van der Waals surface area contributed by atoms with Crippen LogP contribution in [-0.4, -0.2) is 29.9 Å². The van der Waals surface area contributed by atoms with Gasteiger partial charge in [0.1, 0.15) is 23.2 Å². The van der Waals surface area contributed by atoms with Gasteiger partial charge in [0.25, 0.3) is 0 Å². The molecule has 1 unspecified atom stereocenters. The van der Waals surface area contributed by atoms with E-state index in [1.165, 1.54) is 14.0 Å². The smallest absolute Gasteiger partial charge is 0.411 e. The van der Waals surface area contributed by atoms with Gasteiger partial charge in [-0.3, -0.25) is 4.90 Å². The van der Waals surface area contributed by atoms with Crippen LogP contribution in [0.2, 0.25) is 5.02 Å². The quantitative estimate of drug-likeness (QED) is 0.622. The highest BCUT2D eigenvalue weighted by Gasteiger charge is 2.41. The van der Waals surface area contributed by atoms with E-state index in [9.17, 15) is 18.4 Å². The maximum Gasteiger partial charge on any atom is 0.411 e. The third-order valence-corrected chi connectivity index (χ3v) is 3.44. The number of halogens is 3.